The number of para-hydroxylation sites is 1. The van der Waals surface area contributed by atoms with E-state index in [9.17, 15) is 14.9 Å². The first-order valence-electron chi connectivity index (χ1n) is 7.50. The van der Waals surface area contributed by atoms with Crippen LogP contribution >= 0.6 is 0 Å². The van der Waals surface area contributed by atoms with Crippen LogP contribution in [0.15, 0.2) is 75.4 Å². The summed E-state index contributed by atoms with van der Waals surface area (Å²) in [5.74, 6) is -1.10. The number of nitrogens with zero attached hydrogens (tertiary/aromatic N) is 1. The highest BCUT2D eigenvalue weighted by Gasteiger charge is 2.42. The fourth-order valence-corrected chi connectivity index (χ4v) is 3.10. The Balaban J connectivity index is 2.10. The molecule has 1 aliphatic heterocycles. The van der Waals surface area contributed by atoms with Gasteiger partial charge in [-0.2, -0.15) is 0 Å². The highest BCUT2D eigenvalue weighted by molar-refractivity contribution is 5.85. The smallest absolute Gasteiger partial charge is 0.344 e. The zero-order valence-electron chi connectivity index (χ0n) is 12.8. The van der Waals surface area contributed by atoms with Gasteiger partial charge in [0.15, 0.2) is 5.75 Å². The Kier molecular flexibility index (Phi) is 3.28. The monoisotopic (exact) mass is 336 g/mol. The van der Waals surface area contributed by atoms with Gasteiger partial charge in [-0.25, -0.2) is 4.79 Å². The van der Waals surface area contributed by atoms with Crippen LogP contribution in [-0.2, 0) is 0 Å². The maximum Gasteiger partial charge on any atom is 0.344 e. The summed E-state index contributed by atoms with van der Waals surface area (Å²) in [5, 5.41) is 12.1. The molecule has 2 aromatic carbocycles. The molecule has 1 atom stereocenters. The molecule has 0 saturated carbocycles. The van der Waals surface area contributed by atoms with Gasteiger partial charge in [-0.05, 0) is 17.7 Å². The SMILES string of the molecule is NC1=C([N+](=O)[O-])[C@H](c2ccccc2)c2c(c3ccccc3oc2=O)O1. The lowest BCUT2D eigenvalue weighted by atomic mass is 9.87. The van der Waals surface area contributed by atoms with Crippen molar-refractivity contribution in [1.29, 1.82) is 0 Å². The Hall–Kier alpha value is -3.61. The summed E-state index contributed by atoms with van der Waals surface area (Å²) in [6.07, 6.45) is 0. The second-order valence-electron chi connectivity index (χ2n) is 5.58. The van der Waals surface area contributed by atoms with Gasteiger partial charge < -0.3 is 14.9 Å². The number of ether oxygens (including phenoxy) is 1. The van der Waals surface area contributed by atoms with Crippen molar-refractivity contribution in [2.75, 3.05) is 0 Å². The lowest BCUT2D eigenvalue weighted by Crippen LogP contribution is -2.29. The van der Waals surface area contributed by atoms with Crippen LogP contribution in [0, 0.1) is 10.1 Å². The molecule has 0 bridgehead atoms. The molecular weight excluding hydrogens is 324 g/mol. The van der Waals surface area contributed by atoms with Crippen molar-refractivity contribution in [2.24, 2.45) is 5.73 Å². The van der Waals surface area contributed by atoms with Crippen molar-refractivity contribution >= 4 is 11.0 Å². The summed E-state index contributed by atoms with van der Waals surface area (Å²) in [4.78, 5) is 23.6. The van der Waals surface area contributed by atoms with Gasteiger partial charge in [0, 0.05) is 0 Å². The van der Waals surface area contributed by atoms with Crippen LogP contribution in [0.2, 0.25) is 0 Å². The Morgan fingerprint density at radius 2 is 1.72 bits per heavy atom. The molecule has 2 N–H and O–H groups in total. The third-order valence-corrected chi connectivity index (χ3v) is 4.16. The molecular formula is C18H12N2O5. The maximum absolute atomic E-state index is 12.6. The molecule has 0 saturated heterocycles. The topological polar surface area (TPSA) is 109 Å². The van der Waals surface area contributed by atoms with Crippen LogP contribution in [0.1, 0.15) is 17.0 Å². The maximum atomic E-state index is 12.6. The average Bonchev–Trinajstić information content (AvgIpc) is 2.61. The van der Waals surface area contributed by atoms with E-state index in [0.29, 0.717) is 16.5 Å². The van der Waals surface area contributed by atoms with E-state index >= 15 is 0 Å². The average molecular weight is 336 g/mol. The quantitative estimate of drug-likeness (QED) is 0.438. The molecule has 0 unspecified atom stereocenters. The number of benzene rings is 2. The van der Waals surface area contributed by atoms with Crippen LogP contribution in [0.4, 0.5) is 0 Å². The minimum atomic E-state index is -0.971. The minimum absolute atomic E-state index is 0.0748. The molecule has 124 valence electrons. The first kappa shape index (κ1) is 14.9. The van der Waals surface area contributed by atoms with Crippen molar-refractivity contribution in [3.8, 4) is 5.75 Å². The molecule has 1 aliphatic rings. The highest BCUT2D eigenvalue weighted by atomic mass is 16.6. The Bertz CT molecular complexity index is 1090. The van der Waals surface area contributed by atoms with Gasteiger partial charge in [-0.3, -0.25) is 10.1 Å². The normalized spacial score (nSPS) is 16.4. The predicted octanol–water partition coefficient (Wildman–Crippen LogP) is 2.72. The summed E-state index contributed by atoms with van der Waals surface area (Å²) in [6, 6.07) is 15.5. The van der Waals surface area contributed by atoms with E-state index in [-0.39, 0.29) is 22.9 Å². The van der Waals surface area contributed by atoms with Crippen LogP contribution in [0.3, 0.4) is 0 Å². The van der Waals surface area contributed by atoms with Gasteiger partial charge >= 0.3 is 11.3 Å². The number of nitro groups is 1. The van der Waals surface area contributed by atoms with Crippen molar-refractivity contribution in [3.63, 3.8) is 0 Å². The van der Waals surface area contributed by atoms with Crippen LogP contribution in [0.25, 0.3) is 11.0 Å². The summed E-state index contributed by atoms with van der Waals surface area (Å²) < 4.78 is 10.9. The summed E-state index contributed by atoms with van der Waals surface area (Å²) in [7, 11) is 0. The Labute approximate surface area is 141 Å². The van der Waals surface area contributed by atoms with Gasteiger partial charge in [0.1, 0.15) is 11.5 Å². The Morgan fingerprint density at radius 3 is 2.44 bits per heavy atom. The van der Waals surface area contributed by atoms with Gasteiger partial charge in [-0.15, -0.1) is 0 Å². The van der Waals surface area contributed by atoms with E-state index in [0.717, 1.165) is 0 Å². The molecule has 0 amide bonds. The second-order valence-corrected chi connectivity index (χ2v) is 5.58. The van der Waals surface area contributed by atoms with Gasteiger partial charge in [0.05, 0.1) is 15.9 Å². The zero-order chi connectivity index (χ0) is 17.6. The zero-order valence-corrected chi connectivity index (χ0v) is 12.8. The van der Waals surface area contributed by atoms with Crippen LogP contribution < -0.4 is 16.1 Å². The molecule has 0 aliphatic carbocycles. The van der Waals surface area contributed by atoms with Gasteiger partial charge in [-0.1, -0.05) is 42.5 Å². The number of allylic oxidation sites excluding steroid dienone is 1. The van der Waals surface area contributed by atoms with Gasteiger partial charge in [0.2, 0.25) is 0 Å². The fourth-order valence-electron chi connectivity index (χ4n) is 3.10. The molecule has 0 spiro atoms. The first-order chi connectivity index (χ1) is 12.1. The van der Waals surface area contributed by atoms with E-state index in [1.807, 2.05) is 0 Å². The van der Waals surface area contributed by atoms with E-state index < -0.39 is 16.5 Å². The van der Waals surface area contributed by atoms with E-state index in [1.54, 1.807) is 54.6 Å². The molecule has 25 heavy (non-hydrogen) atoms. The summed E-state index contributed by atoms with van der Waals surface area (Å²) in [6.45, 7) is 0. The molecule has 7 heteroatoms. The molecule has 1 aromatic heterocycles. The second kappa shape index (κ2) is 5.48. The largest absolute Gasteiger partial charge is 0.434 e. The Morgan fingerprint density at radius 1 is 1.04 bits per heavy atom. The molecule has 7 nitrogen and oxygen atoms in total. The first-order valence-corrected chi connectivity index (χ1v) is 7.50. The lowest BCUT2D eigenvalue weighted by molar-refractivity contribution is -0.432. The lowest BCUT2D eigenvalue weighted by Gasteiger charge is -2.23. The third-order valence-electron chi connectivity index (χ3n) is 4.16. The number of hydrogen-bond acceptors (Lipinski definition) is 6. The van der Waals surface area contributed by atoms with Gasteiger partial charge in [0.25, 0.3) is 5.88 Å². The highest BCUT2D eigenvalue weighted by Crippen LogP contribution is 2.43. The van der Waals surface area contributed by atoms with Crippen molar-refractivity contribution < 1.29 is 14.1 Å². The van der Waals surface area contributed by atoms with E-state index in [2.05, 4.69) is 0 Å². The minimum Gasteiger partial charge on any atom is -0.434 e. The standard InChI is InChI=1S/C18H12N2O5/c19-17-15(20(22)23)13(10-6-2-1-3-7-10)14-16(25-17)11-8-4-5-9-12(11)24-18(14)21/h1-9,13H,19H2/t13-/m1/s1. The van der Waals surface area contributed by atoms with Crippen LogP contribution in [0.5, 0.6) is 5.75 Å². The number of rotatable bonds is 2. The number of fused-ring (bicyclic) bond motifs is 3. The van der Waals surface area contributed by atoms with Crippen molar-refractivity contribution in [1.82, 2.24) is 0 Å². The number of hydrogen-bond donors (Lipinski definition) is 1. The van der Waals surface area contributed by atoms with Crippen molar-refractivity contribution in [2.45, 2.75) is 5.92 Å². The summed E-state index contributed by atoms with van der Waals surface area (Å²) >= 11 is 0. The van der Waals surface area contributed by atoms with Crippen LogP contribution in [-0.4, -0.2) is 4.92 Å². The van der Waals surface area contributed by atoms with E-state index in [4.69, 9.17) is 14.9 Å². The molecule has 3 aromatic rings. The number of nitrogens with two attached hydrogens (primary N) is 1. The fraction of sp³-hybridized carbons (Fsp3) is 0.0556. The van der Waals surface area contributed by atoms with Crippen molar-refractivity contribution in [3.05, 3.63) is 97.8 Å². The molecule has 4 rings (SSSR count). The van der Waals surface area contributed by atoms with E-state index in [1.165, 1.54) is 0 Å². The molecule has 2 heterocycles. The molecule has 0 radical (unpaired) electrons. The molecule has 0 fully saturated rings. The predicted molar refractivity (Wildman–Crippen MR) is 89.6 cm³/mol. The third kappa shape index (κ3) is 2.25. The summed E-state index contributed by atoms with van der Waals surface area (Å²) in [5.41, 5.74) is 5.75.